The Labute approximate surface area is 129 Å². The van der Waals surface area contributed by atoms with Gasteiger partial charge in [0.05, 0.1) is 19.4 Å². The standard InChI is InChI=1S/C16H18N4O2/c21-16(15-10-17-5-6-19-15)20-7-8-22-12-13(11-20)9-14-3-1-2-4-18-14/h1-6,10,13H,7-9,11-12H2. The SMILES string of the molecule is O=C(c1cnccn1)N1CCOCC(Cc2ccccn2)C1. The van der Waals surface area contributed by atoms with Crippen LogP contribution in [-0.2, 0) is 11.2 Å². The predicted molar refractivity (Wildman–Crippen MR) is 80.2 cm³/mol. The number of pyridine rings is 1. The second kappa shape index (κ2) is 7.09. The zero-order valence-corrected chi connectivity index (χ0v) is 12.3. The van der Waals surface area contributed by atoms with Crippen molar-refractivity contribution in [1.82, 2.24) is 19.9 Å². The number of hydrogen-bond donors (Lipinski definition) is 0. The van der Waals surface area contributed by atoms with Crippen LogP contribution < -0.4 is 0 Å². The maximum atomic E-state index is 12.5. The molecule has 0 bridgehead atoms. The molecule has 0 radical (unpaired) electrons. The molecule has 6 nitrogen and oxygen atoms in total. The van der Waals surface area contributed by atoms with Crippen LogP contribution >= 0.6 is 0 Å². The fourth-order valence-corrected chi connectivity index (χ4v) is 2.57. The van der Waals surface area contributed by atoms with E-state index >= 15 is 0 Å². The number of carbonyl (C=O) groups excluding carboxylic acids is 1. The van der Waals surface area contributed by atoms with Crippen LogP contribution in [0.5, 0.6) is 0 Å². The summed E-state index contributed by atoms with van der Waals surface area (Å²) in [6.07, 6.45) is 7.18. The lowest BCUT2D eigenvalue weighted by Gasteiger charge is -2.23. The molecule has 2 aromatic rings. The van der Waals surface area contributed by atoms with Gasteiger partial charge in [-0.2, -0.15) is 0 Å². The van der Waals surface area contributed by atoms with Gasteiger partial charge in [-0.1, -0.05) is 6.07 Å². The summed E-state index contributed by atoms with van der Waals surface area (Å²) in [4.78, 5) is 26.7. The molecule has 0 aliphatic carbocycles. The molecule has 1 aliphatic rings. The van der Waals surface area contributed by atoms with E-state index in [1.807, 2.05) is 18.2 Å². The normalized spacial score (nSPS) is 18.7. The number of carbonyl (C=O) groups is 1. The summed E-state index contributed by atoms with van der Waals surface area (Å²) < 4.78 is 5.64. The molecule has 2 aromatic heterocycles. The van der Waals surface area contributed by atoms with Gasteiger partial charge >= 0.3 is 0 Å². The van der Waals surface area contributed by atoms with Crippen molar-refractivity contribution >= 4 is 5.91 Å². The molecule has 0 N–H and O–H groups in total. The first-order valence-corrected chi connectivity index (χ1v) is 7.36. The largest absolute Gasteiger partial charge is 0.379 e. The monoisotopic (exact) mass is 298 g/mol. The van der Waals surface area contributed by atoms with E-state index in [2.05, 4.69) is 15.0 Å². The molecule has 6 heteroatoms. The Hall–Kier alpha value is -2.34. The molecule has 1 aliphatic heterocycles. The van der Waals surface area contributed by atoms with Crippen molar-refractivity contribution in [3.8, 4) is 0 Å². The molecular weight excluding hydrogens is 280 g/mol. The molecule has 3 rings (SSSR count). The predicted octanol–water partition coefficient (Wildman–Crippen LogP) is 1.20. The van der Waals surface area contributed by atoms with Crippen molar-refractivity contribution < 1.29 is 9.53 Å². The Kier molecular flexibility index (Phi) is 4.70. The van der Waals surface area contributed by atoms with Gasteiger partial charge in [0.25, 0.3) is 5.91 Å². The molecule has 22 heavy (non-hydrogen) atoms. The lowest BCUT2D eigenvalue weighted by atomic mass is 10.0. The van der Waals surface area contributed by atoms with E-state index in [1.54, 1.807) is 17.3 Å². The topological polar surface area (TPSA) is 68.2 Å². The Morgan fingerprint density at radius 1 is 1.27 bits per heavy atom. The first-order valence-electron chi connectivity index (χ1n) is 7.36. The number of amides is 1. The summed E-state index contributed by atoms with van der Waals surface area (Å²) in [6.45, 7) is 2.41. The van der Waals surface area contributed by atoms with E-state index in [0.29, 0.717) is 32.0 Å². The highest BCUT2D eigenvalue weighted by atomic mass is 16.5. The van der Waals surface area contributed by atoms with Crippen molar-refractivity contribution in [1.29, 1.82) is 0 Å². The third-order valence-corrected chi connectivity index (χ3v) is 3.63. The fraction of sp³-hybridized carbons (Fsp3) is 0.375. The van der Waals surface area contributed by atoms with E-state index in [-0.39, 0.29) is 11.8 Å². The highest BCUT2D eigenvalue weighted by Crippen LogP contribution is 2.14. The van der Waals surface area contributed by atoms with Crippen LogP contribution in [0.15, 0.2) is 43.0 Å². The van der Waals surface area contributed by atoms with Crippen molar-refractivity contribution in [2.45, 2.75) is 6.42 Å². The summed E-state index contributed by atoms with van der Waals surface area (Å²) in [7, 11) is 0. The molecule has 1 unspecified atom stereocenters. The molecule has 3 heterocycles. The average Bonchev–Trinajstić information content (AvgIpc) is 2.81. The van der Waals surface area contributed by atoms with Gasteiger partial charge in [0.2, 0.25) is 0 Å². The van der Waals surface area contributed by atoms with E-state index in [1.165, 1.54) is 12.4 Å². The summed E-state index contributed by atoms with van der Waals surface area (Å²) in [5, 5.41) is 0. The Morgan fingerprint density at radius 2 is 2.23 bits per heavy atom. The quantitative estimate of drug-likeness (QED) is 0.852. The summed E-state index contributed by atoms with van der Waals surface area (Å²) in [6, 6.07) is 5.87. The lowest BCUT2D eigenvalue weighted by Crippen LogP contribution is -2.37. The van der Waals surface area contributed by atoms with Gasteiger partial charge in [-0.05, 0) is 18.6 Å². The summed E-state index contributed by atoms with van der Waals surface area (Å²) in [5.74, 6) is 0.141. The third-order valence-electron chi connectivity index (χ3n) is 3.63. The minimum absolute atomic E-state index is 0.0929. The van der Waals surface area contributed by atoms with Crippen LogP contribution in [0.3, 0.4) is 0 Å². The average molecular weight is 298 g/mol. The van der Waals surface area contributed by atoms with Gasteiger partial charge < -0.3 is 9.64 Å². The molecule has 1 saturated heterocycles. The Morgan fingerprint density at radius 3 is 3.00 bits per heavy atom. The molecular formula is C16H18N4O2. The number of nitrogens with zero attached hydrogens (tertiary/aromatic N) is 4. The smallest absolute Gasteiger partial charge is 0.274 e. The first kappa shape index (κ1) is 14.6. The Balaban J connectivity index is 1.69. The minimum Gasteiger partial charge on any atom is -0.379 e. The van der Waals surface area contributed by atoms with Gasteiger partial charge in [0, 0.05) is 43.3 Å². The molecule has 114 valence electrons. The molecule has 1 atom stereocenters. The number of rotatable bonds is 3. The maximum absolute atomic E-state index is 12.5. The Bertz CT molecular complexity index is 606. The summed E-state index contributed by atoms with van der Waals surface area (Å²) in [5.41, 5.74) is 1.39. The maximum Gasteiger partial charge on any atom is 0.274 e. The zero-order valence-electron chi connectivity index (χ0n) is 12.3. The van der Waals surface area contributed by atoms with Crippen molar-refractivity contribution in [2.75, 3.05) is 26.3 Å². The van der Waals surface area contributed by atoms with E-state index in [4.69, 9.17) is 4.74 Å². The van der Waals surface area contributed by atoms with Crippen molar-refractivity contribution in [2.24, 2.45) is 5.92 Å². The fourth-order valence-electron chi connectivity index (χ4n) is 2.57. The number of ether oxygens (including phenoxy) is 1. The first-order chi connectivity index (χ1) is 10.8. The number of aromatic nitrogens is 3. The van der Waals surface area contributed by atoms with Crippen molar-refractivity contribution in [3.63, 3.8) is 0 Å². The van der Waals surface area contributed by atoms with Gasteiger partial charge in [-0.3, -0.25) is 14.8 Å². The van der Waals surface area contributed by atoms with Crippen molar-refractivity contribution in [3.05, 3.63) is 54.4 Å². The van der Waals surface area contributed by atoms with Gasteiger partial charge in [0.15, 0.2) is 0 Å². The minimum atomic E-state index is -0.0929. The van der Waals surface area contributed by atoms with Gasteiger partial charge in [0.1, 0.15) is 5.69 Å². The van der Waals surface area contributed by atoms with Crippen LogP contribution in [0.4, 0.5) is 0 Å². The third kappa shape index (κ3) is 3.65. The summed E-state index contributed by atoms with van der Waals surface area (Å²) >= 11 is 0. The van der Waals surface area contributed by atoms with Crippen LogP contribution in [0, 0.1) is 5.92 Å². The highest BCUT2D eigenvalue weighted by Gasteiger charge is 2.24. The lowest BCUT2D eigenvalue weighted by molar-refractivity contribution is 0.0731. The highest BCUT2D eigenvalue weighted by molar-refractivity contribution is 5.91. The van der Waals surface area contributed by atoms with Crippen LogP contribution in [0.2, 0.25) is 0 Å². The van der Waals surface area contributed by atoms with E-state index in [9.17, 15) is 4.79 Å². The van der Waals surface area contributed by atoms with Crippen LogP contribution in [-0.4, -0.2) is 52.1 Å². The van der Waals surface area contributed by atoms with Crippen LogP contribution in [0.1, 0.15) is 16.2 Å². The van der Waals surface area contributed by atoms with Crippen LogP contribution in [0.25, 0.3) is 0 Å². The van der Waals surface area contributed by atoms with Gasteiger partial charge in [-0.25, -0.2) is 4.98 Å². The molecule has 1 amide bonds. The number of hydrogen-bond acceptors (Lipinski definition) is 5. The second-order valence-electron chi connectivity index (χ2n) is 5.31. The van der Waals surface area contributed by atoms with E-state index in [0.717, 1.165) is 12.1 Å². The van der Waals surface area contributed by atoms with E-state index < -0.39 is 0 Å². The molecule has 0 saturated carbocycles. The zero-order chi connectivity index (χ0) is 15.2. The molecule has 0 spiro atoms. The molecule has 0 aromatic carbocycles. The molecule has 1 fully saturated rings. The van der Waals surface area contributed by atoms with Gasteiger partial charge in [-0.15, -0.1) is 0 Å². The second-order valence-corrected chi connectivity index (χ2v) is 5.31.